The summed E-state index contributed by atoms with van der Waals surface area (Å²) in [6, 6.07) is 6.89. The summed E-state index contributed by atoms with van der Waals surface area (Å²) in [4.78, 5) is 12.7. The molecular weight excluding hydrogens is 374 g/mol. The molecule has 0 aliphatic rings. The molecule has 0 heterocycles. The Kier molecular flexibility index (Phi) is 6.20. The second kappa shape index (κ2) is 8.04. The fourth-order valence-corrected chi connectivity index (χ4v) is 4.14. The highest BCUT2D eigenvalue weighted by Gasteiger charge is 2.32. The molecule has 8 heteroatoms. The Labute approximate surface area is 158 Å². The number of anilines is 2. The zero-order valence-electron chi connectivity index (χ0n) is 15.6. The molecule has 5 nitrogen and oxygen atoms in total. The van der Waals surface area contributed by atoms with Crippen LogP contribution in [0.2, 0.25) is 0 Å². The van der Waals surface area contributed by atoms with E-state index in [1.54, 1.807) is 19.1 Å². The van der Waals surface area contributed by atoms with Gasteiger partial charge in [0, 0.05) is 6.07 Å². The first kappa shape index (κ1) is 20.8. The molecule has 0 spiro atoms. The van der Waals surface area contributed by atoms with E-state index in [4.69, 9.17) is 0 Å². The zero-order valence-corrected chi connectivity index (χ0v) is 16.4. The molecule has 1 N–H and O–H groups in total. The molecule has 0 aromatic heterocycles. The Morgan fingerprint density at radius 3 is 2.19 bits per heavy atom. The van der Waals surface area contributed by atoms with E-state index in [0.29, 0.717) is 11.8 Å². The standard InChI is InChI=1S/C19H22F2N2O3S/c1-5-18(19(24)22-17-7-6-14(20)11-16(17)21)23(27(4,25)26)15-9-12(2)8-13(3)10-15/h6-11,18H,5H2,1-4H3,(H,22,24)/t18-/m1/s1. The van der Waals surface area contributed by atoms with Crippen LogP contribution < -0.4 is 9.62 Å². The molecule has 27 heavy (non-hydrogen) atoms. The molecule has 1 amide bonds. The number of sulfonamides is 1. The lowest BCUT2D eigenvalue weighted by Crippen LogP contribution is -2.47. The van der Waals surface area contributed by atoms with Gasteiger partial charge in [-0.25, -0.2) is 17.2 Å². The molecule has 2 aromatic rings. The second-order valence-electron chi connectivity index (χ2n) is 6.44. The zero-order chi connectivity index (χ0) is 20.4. The number of hydrogen-bond acceptors (Lipinski definition) is 3. The molecular formula is C19H22F2N2O3S. The summed E-state index contributed by atoms with van der Waals surface area (Å²) in [6.07, 6.45) is 1.17. The van der Waals surface area contributed by atoms with Gasteiger partial charge in [0.1, 0.15) is 17.7 Å². The minimum absolute atomic E-state index is 0.161. The molecule has 0 saturated carbocycles. The fraction of sp³-hybridized carbons (Fsp3) is 0.316. The van der Waals surface area contributed by atoms with E-state index in [0.717, 1.165) is 33.8 Å². The highest BCUT2D eigenvalue weighted by atomic mass is 32.2. The van der Waals surface area contributed by atoms with Gasteiger partial charge >= 0.3 is 0 Å². The van der Waals surface area contributed by atoms with Crippen LogP contribution in [0.3, 0.4) is 0 Å². The van der Waals surface area contributed by atoms with Crippen molar-refractivity contribution >= 4 is 27.3 Å². The van der Waals surface area contributed by atoms with Crippen LogP contribution in [0.25, 0.3) is 0 Å². The van der Waals surface area contributed by atoms with Crippen molar-refractivity contribution in [2.24, 2.45) is 0 Å². The molecule has 1 atom stereocenters. The van der Waals surface area contributed by atoms with Gasteiger partial charge in [0.05, 0.1) is 17.6 Å². The summed E-state index contributed by atoms with van der Waals surface area (Å²) in [5.74, 6) is -2.41. The number of halogens is 2. The van der Waals surface area contributed by atoms with Gasteiger partial charge < -0.3 is 5.32 Å². The van der Waals surface area contributed by atoms with E-state index in [1.165, 1.54) is 0 Å². The van der Waals surface area contributed by atoms with E-state index >= 15 is 0 Å². The highest BCUT2D eigenvalue weighted by Crippen LogP contribution is 2.26. The number of amides is 1. The summed E-state index contributed by atoms with van der Waals surface area (Å²) in [5, 5.41) is 2.35. The number of carbonyl (C=O) groups is 1. The average Bonchev–Trinajstić information content (AvgIpc) is 2.52. The van der Waals surface area contributed by atoms with Gasteiger partial charge in [0.25, 0.3) is 0 Å². The van der Waals surface area contributed by atoms with Crippen molar-refractivity contribution in [2.45, 2.75) is 33.2 Å². The molecule has 146 valence electrons. The molecule has 0 saturated heterocycles. The van der Waals surface area contributed by atoms with Crippen molar-refractivity contribution in [3.63, 3.8) is 0 Å². The molecule has 0 radical (unpaired) electrons. The molecule has 0 aliphatic heterocycles. The molecule has 0 aliphatic carbocycles. The van der Waals surface area contributed by atoms with Crippen LogP contribution in [0.4, 0.5) is 20.2 Å². The van der Waals surface area contributed by atoms with E-state index in [2.05, 4.69) is 5.32 Å². The van der Waals surface area contributed by atoms with Gasteiger partial charge in [-0.1, -0.05) is 13.0 Å². The maximum absolute atomic E-state index is 13.9. The lowest BCUT2D eigenvalue weighted by Gasteiger charge is -2.30. The van der Waals surface area contributed by atoms with Crippen LogP contribution in [0.1, 0.15) is 24.5 Å². The lowest BCUT2D eigenvalue weighted by atomic mass is 10.1. The van der Waals surface area contributed by atoms with E-state index in [9.17, 15) is 22.0 Å². The molecule has 2 rings (SSSR count). The van der Waals surface area contributed by atoms with Crippen molar-refractivity contribution in [3.8, 4) is 0 Å². The number of hydrogen-bond donors (Lipinski definition) is 1. The van der Waals surface area contributed by atoms with Crippen molar-refractivity contribution in [1.29, 1.82) is 0 Å². The third kappa shape index (κ3) is 5.03. The normalized spacial score (nSPS) is 12.5. The smallest absolute Gasteiger partial charge is 0.248 e. The Balaban J connectivity index is 2.44. The summed E-state index contributed by atoms with van der Waals surface area (Å²) in [7, 11) is -3.80. The molecule has 0 unspecified atom stereocenters. The minimum atomic E-state index is -3.80. The largest absolute Gasteiger partial charge is 0.322 e. The van der Waals surface area contributed by atoms with E-state index in [-0.39, 0.29) is 12.1 Å². The maximum Gasteiger partial charge on any atom is 0.248 e. The van der Waals surface area contributed by atoms with Crippen LogP contribution in [0.15, 0.2) is 36.4 Å². The monoisotopic (exact) mass is 396 g/mol. The first-order valence-corrected chi connectivity index (χ1v) is 10.2. The topological polar surface area (TPSA) is 66.5 Å². The Morgan fingerprint density at radius 1 is 1.11 bits per heavy atom. The highest BCUT2D eigenvalue weighted by molar-refractivity contribution is 7.92. The summed E-state index contributed by atoms with van der Waals surface area (Å²) < 4.78 is 52.8. The van der Waals surface area contributed by atoms with Crippen molar-refractivity contribution < 1.29 is 22.0 Å². The lowest BCUT2D eigenvalue weighted by molar-refractivity contribution is -0.117. The maximum atomic E-state index is 13.9. The van der Waals surface area contributed by atoms with Gasteiger partial charge in [-0.2, -0.15) is 0 Å². The van der Waals surface area contributed by atoms with Crippen LogP contribution >= 0.6 is 0 Å². The van der Waals surface area contributed by atoms with Crippen LogP contribution in [-0.2, 0) is 14.8 Å². The third-order valence-corrected chi connectivity index (χ3v) is 5.16. The quantitative estimate of drug-likeness (QED) is 0.808. The Hall–Kier alpha value is -2.48. The van der Waals surface area contributed by atoms with Crippen molar-refractivity contribution in [1.82, 2.24) is 0 Å². The Morgan fingerprint density at radius 2 is 1.70 bits per heavy atom. The van der Waals surface area contributed by atoms with Crippen molar-refractivity contribution in [2.75, 3.05) is 15.9 Å². The second-order valence-corrected chi connectivity index (χ2v) is 8.30. The molecule has 2 aromatic carbocycles. The first-order chi connectivity index (χ1) is 12.5. The number of carbonyl (C=O) groups excluding carboxylic acids is 1. The average molecular weight is 396 g/mol. The summed E-state index contributed by atoms with van der Waals surface area (Å²) >= 11 is 0. The minimum Gasteiger partial charge on any atom is -0.322 e. The third-order valence-electron chi connectivity index (χ3n) is 3.98. The number of benzene rings is 2. The van der Waals surface area contributed by atoms with Gasteiger partial charge in [-0.3, -0.25) is 9.10 Å². The molecule has 0 bridgehead atoms. The van der Waals surface area contributed by atoms with E-state index < -0.39 is 33.6 Å². The summed E-state index contributed by atoms with van der Waals surface area (Å²) in [6.45, 7) is 5.31. The summed E-state index contributed by atoms with van der Waals surface area (Å²) in [5.41, 5.74) is 1.84. The van der Waals surface area contributed by atoms with Gasteiger partial charge in [0.15, 0.2) is 0 Å². The Bertz CT molecular complexity index is 941. The van der Waals surface area contributed by atoms with Crippen LogP contribution in [0.5, 0.6) is 0 Å². The fourth-order valence-electron chi connectivity index (χ4n) is 2.95. The van der Waals surface area contributed by atoms with Crippen molar-refractivity contribution in [3.05, 3.63) is 59.2 Å². The SMILES string of the molecule is CC[C@H](C(=O)Nc1ccc(F)cc1F)N(c1cc(C)cc(C)c1)S(C)(=O)=O. The van der Waals surface area contributed by atoms with Crippen LogP contribution in [-0.4, -0.2) is 26.6 Å². The predicted molar refractivity (Wildman–Crippen MR) is 102 cm³/mol. The number of rotatable bonds is 6. The van der Waals surface area contributed by atoms with E-state index in [1.807, 2.05) is 19.9 Å². The predicted octanol–water partition coefficient (Wildman–Crippen LogP) is 3.76. The van der Waals surface area contributed by atoms with Gasteiger partial charge in [0.2, 0.25) is 15.9 Å². The number of aryl methyl sites for hydroxylation is 2. The van der Waals surface area contributed by atoms with Gasteiger partial charge in [-0.15, -0.1) is 0 Å². The number of nitrogens with one attached hydrogen (secondary N) is 1. The van der Waals surface area contributed by atoms with Crippen LogP contribution in [0, 0.1) is 25.5 Å². The van der Waals surface area contributed by atoms with Gasteiger partial charge in [-0.05, 0) is 55.7 Å². The first-order valence-electron chi connectivity index (χ1n) is 8.36. The number of nitrogens with zero attached hydrogens (tertiary/aromatic N) is 1. The molecule has 0 fully saturated rings.